The van der Waals surface area contributed by atoms with Crippen molar-refractivity contribution >= 4 is 0 Å². The zero-order valence-electron chi connectivity index (χ0n) is 21.6. The number of rotatable bonds is 8. The fraction of sp³-hybridized carbons (Fsp3) is 0.357. The summed E-state index contributed by atoms with van der Waals surface area (Å²) in [7, 11) is 0. The molecule has 3 aliphatic heterocycles. The lowest BCUT2D eigenvalue weighted by Gasteiger charge is -2.51. The highest BCUT2D eigenvalue weighted by atomic mass is 19.4. The van der Waals surface area contributed by atoms with Crippen LogP contribution in [-0.4, -0.2) is 26.2 Å². The van der Waals surface area contributed by atoms with Crippen LogP contribution in [-0.2, 0) is 26.3 Å². The maximum Gasteiger partial charge on any atom is 0.573 e. The lowest BCUT2D eigenvalue weighted by molar-refractivity contribution is -0.480. The molecule has 226 valence electrons. The standard InChI is InChI=1S/C28H21F9O5/c1-2-7-25-12-38-27(39-13-25,40-14-25)16-9-21(31)24(22(32)10-16)26(33,34)41-17-4-5-18(19(29)11-17)15-3-6-23(20(30)8-15)42-28(35,36)37/h3-6,8-11H,2,7,12-14H2,1H3. The molecular formula is C28H21F9O5. The fourth-order valence-electron chi connectivity index (χ4n) is 4.89. The molecule has 0 atom stereocenters. The van der Waals surface area contributed by atoms with Crippen LogP contribution < -0.4 is 9.47 Å². The van der Waals surface area contributed by atoms with E-state index in [-0.39, 0.29) is 30.9 Å². The van der Waals surface area contributed by atoms with E-state index in [0.717, 1.165) is 31.0 Å². The number of fused-ring (bicyclic) bond motifs is 3. The molecule has 14 heteroatoms. The fourth-order valence-corrected chi connectivity index (χ4v) is 4.89. The van der Waals surface area contributed by atoms with Crippen molar-refractivity contribution in [1.29, 1.82) is 0 Å². The van der Waals surface area contributed by atoms with Crippen LogP contribution in [0.2, 0.25) is 0 Å². The van der Waals surface area contributed by atoms with Gasteiger partial charge in [-0.15, -0.1) is 13.2 Å². The van der Waals surface area contributed by atoms with Crippen LogP contribution >= 0.6 is 0 Å². The predicted octanol–water partition coefficient (Wildman–Crippen LogP) is 7.91. The Morgan fingerprint density at radius 1 is 0.738 bits per heavy atom. The van der Waals surface area contributed by atoms with E-state index in [9.17, 15) is 39.5 Å². The van der Waals surface area contributed by atoms with Crippen molar-refractivity contribution in [3.05, 3.63) is 82.9 Å². The monoisotopic (exact) mass is 608 g/mol. The second kappa shape index (κ2) is 10.7. The second-order valence-corrected chi connectivity index (χ2v) is 9.94. The number of ether oxygens (including phenoxy) is 5. The maximum absolute atomic E-state index is 15.0. The van der Waals surface area contributed by atoms with Gasteiger partial charge in [0, 0.05) is 22.6 Å². The smallest absolute Gasteiger partial charge is 0.429 e. The minimum absolute atomic E-state index is 0.171. The zero-order chi connectivity index (χ0) is 30.5. The van der Waals surface area contributed by atoms with Crippen LogP contribution in [0.3, 0.4) is 0 Å². The van der Waals surface area contributed by atoms with Crippen LogP contribution in [0.1, 0.15) is 30.9 Å². The molecule has 3 heterocycles. The van der Waals surface area contributed by atoms with Crippen molar-refractivity contribution in [1.82, 2.24) is 0 Å². The Morgan fingerprint density at radius 3 is 1.88 bits per heavy atom. The zero-order valence-corrected chi connectivity index (χ0v) is 21.6. The van der Waals surface area contributed by atoms with Gasteiger partial charge in [-0.3, -0.25) is 0 Å². The second-order valence-electron chi connectivity index (χ2n) is 9.94. The molecule has 0 aromatic heterocycles. The summed E-state index contributed by atoms with van der Waals surface area (Å²) in [5, 5.41) is 0. The van der Waals surface area contributed by atoms with Gasteiger partial charge in [0.15, 0.2) is 11.6 Å². The molecule has 3 aromatic rings. The topological polar surface area (TPSA) is 46.2 Å². The quantitative estimate of drug-likeness (QED) is 0.243. The summed E-state index contributed by atoms with van der Waals surface area (Å²) in [4.78, 5) is 0. The van der Waals surface area contributed by atoms with Gasteiger partial charge in [-0.1, -0.05) is 19.4 Å². The minimum Gasteiger partial charge on any atom is -0.429 e. The van der Waals surface area contributed by atoms with Crippen LogP contribution in [0, 0.1) is 28.7 Å². The summed E-state index contributed by atoms with van der Waals surface area (Å²) in [6.45, 7) is 2.47. The van der Waals surface area contributed by atoms with Gasteiger partial charge in [-0.25, -0.2) is 17.6 Å². The van der Waals surface area contributed by atoms with Crippen LogP contribution in [0.25, 0.3) is 11.1 Å². The molecule has 3 aliphatic rings. The highest BCUT2D eigenvalue weighted by Crippen LogP contribution is 2.47. The van der Waals surface area contributed by atoms with E-state index in [4.69, 9.17) is 14.2 Å². The summed E-state index contributed by atoms with van der Waals surface area (Å²) in [6.07, 6.45) is -8.27. The van der Waals surface area contributed by atoms with E-state index in [1.807, 2.05) is 6.92 Å². The van der Waals surface area contributed by atoms with Crippen LogP contribution in [0.5, 0.6) is 11.5 Å². The van der Waals surface area contributed by atoms with Gasteiger partial charge >= 0.3 is 18.4 Å². The van der Waals surface area contributed by atoms with Gasteiger partial charge in [0.2, 0.25) is 0 Å². The molecule has 0 aliphatic carbocycles. The molecule has 3 fully saturated rings. The highest BCUT2D eigenvalue weighted by molar-refractivity contribution is 5.66. The third-order valence-corrected chi connectivity index (χ3v) is 6.83. The molecule has 3 saturated heterocycles. The third kappa shape index (κ3) is 5.75. The molecule has 6 rings (SSSR count). The molecule has 0 N–H and O–H groups in total. The summed E-state index contributed by atoms with van der Waals surface area (Å²) < 4.78 is 150. The molecule has 5 nitrogen and oxygen atoms in total. The Kier molecular flexibility index (Phi) is 7.60. The van der Waals surface area contributed by atoms with E-state index in [2.05, 4.69) is 9.47 Å². The van der Waals surface area contributed by atoms with Gasteiger partial charge in [0.1, 0.15) is 28.8 Å². The van der Waals surface area contributed by atoms with Crippen molar-refractivity contribution in [3.63, 3.8) is 0 Å². The van der Waals surface area contributed by atoms with Gasteiger partial charge < -0.3 is 23.7 Å². The van der Waals surface area contributed by atoms with Gasteiger partial charge in [0.25, 0.3) is 0 Å². The number of halogens is 9. The Labute approximate surface area is 232 Å². The molecule has 0 unspecified atom stereocenters. The largest absolute Gasteiger partial charge is 0.573 e. The Hall–Kier alpha value is -3.49. The van der Waals surface area contributed by atoms with E-state index < -0.39 is 69.8 Å². The molecule has 0 radical (unpaired) electrons. The number of hydrogen-bond donors (Lipinski definition) is 0. The minimum atomic E-state index is -5.17. The average Bonchev–Trinajstić information content (AvgIpc) is 2.89. The molecular weight excluding hydrogens is 587 g/mol. The first-order chi connectivity index (χ1) is 19.7. The average molecular weight is 608 g/mol. The van der Waals surface area contributed by atoms with Crippen molar-refractivity contribution in [3.8, 4) is 22.6 Å². The maximum atomic E-state index is 15.0. The molecule has 0 amide bonds. The van der Waals surface area contributed by atoms with E-state index >= 15 is 0 Å². The summed E-state index contributed by atoms with van der Waals surface area (Å²) in [5.41, 5.74) is -3.17. The lowest BCUT2D eigenvalue weighted by Crippen LogP contribution is -2.58. The molecule has 42 heavy (non-hydrogen) atoms. The third-order valence-electron chi connectivity index (χ3n) is 6.83. The Bertz CT molecular complexity index is 1440. The highest BCUT2D eigenvalue weighted by Gasteiger charge is 2.54. The van der Waals surface area contributed by atoms with E-state index in [1.165, 1.54) is 0 Å². The van der Waals surface area contributed by atoms with Crippen molar-refractivity contribution in [2.45, 2.75) is 38.2 Å². The Morgan fingerprint density at radius 2 is 1.36 bits per heavy atom. The number of alkyl halides is 5. The van der Waals surface area contributed by atoms with Gasteiger partial charge in [0.05, 0.1) is 19.8 Å². The first kappa shape index (κ1) is 30.0. The Balaban J connectivity index is 1.35. The molecule has 2 bridgehead atoms. The SMILES string of the molecule is CCCC12COC(c3cc(F)c(C(F)(F)Oc4ccc(-c5ccc(OC(F)(F)F)c(F)c5)c(F)c4)c(F)c3)(OC1)OC2. The number of hydrogen-bond acceptors (Lipinski definition) is 5. The van der Waals surface area contributed by atoms with Gasteiger partial charge in [-0.2, -0.15) is 8.78 Å². The van der Waals surface area contributed by atoms with Crippen molar-refractivity contribution in [2.24, 2.45) is 5.41 Å². The summed E-state index contributed by atoms with van der Waals surface area (Å²) in [5.74, 6) is -10.1. The summed E-state index contributed by atoms with van der Waals surface area (Å²) in [6, 6.07) is 5.29. The van der Waals surface area contributed by atoms with Crippen molar-refractivity contribution in [2.75, 3.05) is 19.8 Å². The predicted molar refractivity (Wildman–Crippen MR) is 126 cm³/mol. The van der Waals surface area contributed by atoms with E-state index in [1.54, 1.807) is 0 Å². The number of benzene rings is 3. The van der Waals surface area contributed by atoms with Gasteiger partial charge in [-0.05, 0) is 48.4 Å². The normalized spacial score (nSPS) is 22.3. The van der Waals surface area contributed by atoms with Crippen LogP contribution in [0.4, 0.5) is 39.5 Å². The molecule has 0 spiro atoms. The van der Waals surface area contributed by atoms with Crippen LogP contribution in [0.15, 0.2) is 48.5 Å². The van der Waals surface area contributed by atoms with Crippen molar-refractivity contribution < 1.29 is 63.2 Å². The first-order valence-electron chi connectivity index (χ1n) is 12.5. The summed E-state index contributed by atoms with van der Waals surface area (Å²) >= 11 is 0. The first-order valence-corrected chi connectivity index (χ1v) is 12.5. The molecule has 3 aromatic carbocycles. The lowest BCUT2D eigenvalue weighted by atomic mass is 9.83. The molecule has 0 saturated carbocycles. The van der Waals surface area contributed by atoms with E-state index in [0.29, 0.717) is 30.3 Å².